The third-order valence-electron chi connectivity index (χ3n) is 9.36. The lowest BCUT2D eigenvalue weighted by Gasteiger charge is -2.22. The molecule has 4 aromatic heterocycles. The highest BCUT2D eigenvalue weighted by Crippen LogP contribution is 2.68. The van der Waals surface area contributed by atoms with Crippen LogP contribution in [0.3, 0.4) is 0 Å². The summed E-state index contributed by atoms with van der Waals surface area (Å²) < 4.78 is 84.5. The van der Waals surface area contributed by atoms with E-state index in [0.717, 1.165) is 10.9 Å². The maximum Gasteiger partial charge on any atom is 0.490 e. The van der Waals surface area contributed by atoms with Crippen LogP contribution in [-0.4, -0.2) is 109 Å². The second-order valence-corrected chi connectivity index (χ2v) is 18.1. The van der Waals surface area contributed by atoms with E-state index in [0.29, 0.717) is 5.56 Å². The summed E-state index contributed by atoms with van der Waals surface area (Å²) in [5, 5.41) is 21.2. The van der Waals surface area contributed by atoms with Crippen molar-refractivity contribution in [1.29, 1.82) is 0 Å². The highest BCUT2D eigenvalue weighted by atomic mass is 31.3. The summed E-state index contributed by atoms with van der Waals surface area (Å²) in [6.45, 7) is -0.417. The molecular formula is C29H35N9O18P3+. The highest BCUT2D eigenvalue weighted by molar-refractivity contribution is 7.66. The molecule has 3 saturated heterocycles. The standard InChI is InChI=1S/C29H34N9O18P3/c1-12-32-22-16(24(41)33-12)31-10-37(22)26-19(40)18(39)14(51-26)8-49-57(43,44)55-59(47,48)56-58(45,46)50-9-15-20-21(54-28(53-20)13-6-4-3-5-7-13)27(52-15)38-11-36(2)17-23(38)34-29(30)35-25(17)42/h3-7,10-11,14-15,18-21,26-28,39-40H,8-9H2,1-2H3,(H6-,30,32,33,34,35,41,42,43,44,45,46,47,48)/p+1/t14-,15-,18?,19+,20?,21+,26-,27-,28?/m1/s1. The lowest BCUT2D eigenvalue weighted by atomic mass is 10.1. The van der Waals surface area contributed by atoms with Crippen molar-refractivity contribution in [3.63, 3.8) is 0 Å². The van der Waals surface area contributed by atoms with Crippen molar-refractivity contribution in [1.82, 2.24) is 34.1 Å². The fourth-order valence-electron chi connectivity index (χ4n) is 6.89. The number of aryl methyl sites for hydroxylation is 2. The molecule has 0 aliphatic carbocycles. The Morgan fingerprint density at radius 3 is 2.22 bits per heavy atom. The zero-order valence-corrected chi connectivity index (χ0v) is 33.0. The number of rotatable bonds is 13. The van der Waals surface area contributed by atoms with E-state index in [2.05, 4.69) is 33.5 Å². The molecule has 30 heteroatoms. The number of ether oxygens (including phenoxy) is 4. The molecular weight excluding hydrogens is 855 g/mol. The maximum atomic E-state index is 13.0. The van der Waals surface area contributed by atoms with Crippen LogP contribution in [0, 0.1) is 6.92 Å². The predicted octanol–water partition coefficient (Wildman–Crippen LogP) is -1.06. The third kappa shape index (κ3) is 8.22. The average Bonchev–Trinajstić information content (AvgIpc) is 3.96. The molecule has 3 fully saturated rings. The minimum absolute atomic E-state index is 0.0155. The number of nitrogen functional groups attached to an aromatic ring is 1. The zero-order valence-electron chi connectivity index (χ0n) is 30.3. The number of hydrogen-bond acceptors (Lipinski definition) is 19. The molecule has 0 spiro atoms. The Kier molecular flexibility index (Phi) is 10.9. The number of hydrogen-bond donors (Lipinski definition) is 8. The molecule has 12 atom stereocenters. The van der Waals surface area contributed by atoms with Crippen LogP contribution < -0.4 is 21.4 Å². The van der Waals surface area contributed by atoms with Gasteiger partial charge < -0.3 is 54.6 Å². The molecule has 0 radical (unpaired) electrons. The summed E-state index contributed by atoms with van der Waals surface area (Å²) in [7, 11) is -15.7. The van der Waals surface area contributed by atoms with Gasteiger partial charge in [-0.15, -0.1) is 0 Å². The summed E-state index contributed by atoms with van der Waals surface area (Å²) in [6, 6.07) is 8.72. The first kappa shape index (κ1) is 41.6. The van der Waals surface area contributed by atoms with Gasteiger partial charge in [0.25, 0.3) is 17.1 Å². The molecule has 27 nitrogen and oxygen atoms in total. The van der Waals surface area contributed by atoms with Crippen LogP contribution in [0.4, 0.5) is 5.95 Å². The van der Waals surface area contributed by atoms with E-state index in [-0.39, 0.29) is 34.1 Å². The minimum atomic E-state index is -5.98. The zero-order chi connectivity index (χ0) is 42.2. The van der Waals surface area contributed by atoms with Crippen LogP contribution in [0.15, 0.2) is 52.6 Å². The van der Waals surface area contributed by atoms with Crippen LogP contribution >= 0.6 is 23.5 Å². The van der Waals surface area contributed by atoms with Crippen molar-refractivity contribution < 1.29 is 79.8 Å². The minimum Gasteiger partial charge on any atom is -0.387 e. The Bertz CT molecular complexity index is 2680. The summed E-state index contributed by atoms with van der Waals surface area (Å²) in [5.41, 5.74) is 5.37. The summed E-state index contributed by atoms with van der Waals surface area (Å²) in [5.74, 6) is 0.00533. The van der Waals surface area contributed by atoms with Crippen molar-refractivity contribution in [2.75, 3.05) is 18.9 Å². The Balaban J connectivity index is 0.920. The molecule has 1 aromatic carbocycles. The number of fused-ring (bicyclic) bond motifs is 3. The van der Waals surface area contributed by atoms with E-state index < -0.39 is 103 Å². The first-order valence-electron chi connectivity index (χ1n) is 17.2. The van der Waals surface area contributed by atoms with Crippen molar-refractivity contribution in [2.24, 2.45) is 7.05 Å². The molecule has 0 amide bonds. The Morgan fingerprint density at radius 1 is 0.864 bits per heavy atom. The molecule has 9 N–H and O–H groups in total. The quantitative estimate of drug-likeness (QED) is 0.0516. The number of nitrogens with one attached hydrogen (secondary N) is 2. The van der Waals surface area contributed by atoms with Gasteiger partial charge in [-0.25, -0.2) is 28.2 Å². The molecule has 6 unspecified atom stereocenters. The molecule has 0 saturated carbocycles. The molecule has 7 heterocycles. The van der Waals surface area contributed by atoms with Crippen molar-refractivity contribution in [3.8, 4) is 0 Å². The lowest BCUT2D eigenvalue weighted by Crippen LogP contribution is -2.45. The molecule has 59 heavy (non-hydrogen) atoms. The van der Waals surface area contributed by atoms with E-state index in [9.17, 15) is 48.2 Å². The van der Waals surface area contributed by atoms with E-state index >= 15 is 0 Å². The number of nitrogens with two attached hydrogens (primary N) is 1. The summed E-state index contributed by atoms with van der Waals surface area (Å²) in [6.07, 6.45) is -9.21. The van der Waals surface area contributed by atoms with Crippen LogP contribution in [0.2, 0.25) is 0 Å². The molecule has 318 valence electrons. The van der Waals surface area contributed by atoms with Gasteiger partial charge in [0.2, 0.25) is 11.7 Å². The number of phosphoric acid groups is 3. The van der Waals surface area contributed by atoms with Crippen molar-refractivity contribution in [3.05, 3.63) is 75.1 Å². The normalized spacial score (nSPS) is 30.1. The third-order valence-corrected chi connectivity index (χ3v) is 13.6. The molecule has 3 aliphatic rings. The second-order valence-electron chi connectivity index (χ2n) is 13.4. The molecule has 0 bridgehead atoms. The predicted molar refractivity (Wildman–Crippen MR) is 191 cm³/mol. The number of aromatic amines is 2. The Hall–Kier alpha value is -4.11. The number of anilines is 1. The van der Waals surface area contributed by atoms with Gasteiger partial charge in [-0.1, -0.05) is 35.3 Å². The van der Waals surface area contributed by atoms with Gasteiger partial charge in [-0.05, 0) is 6.92 Å². The fraction of sp³-hybridized carbons (Fsp3) is 0.448. The van der Waals surface area contributed by atoms with Crippen LogP contribution in [0.5, 0.6) is 0 Å². The Labute approximate surface area is 328 Å². The molecule has 3 aliphatic heterocycles. The second kappa shape index (κ2) is 15.4. The largest absolute Gasteiger partial charge is 0.490 e. The first-order chi connectivity index (χ1) is 27.8. The molecule has 8 rings (SSSR count). The van der Waals surface area contributed by atoms with Gasteiger partial charge in [0, 0.05) is 5.56 Å². The number of H-pyrrole nitrogens is 2. The van der Waals surface area contributed by atoms with Crippen molar-refractivity contribution >= 4 is 51.7 Å². The fourth-order valence-corrected chi connectivity index (χ4v) is 10.4. The highest BCUT2D eigenvalue weighted by Gasteiger charge is 2.57. The number of benzene rings is 1. The maximum absolute atomic E-state index is 13.0. The van der Waals surface area contributed by atoms with Gasteiger partial charge in [-0.3, -0.25) is 32.8 Å². The number of aliphatic hydroxyl groups is 2. The van der Waals surface area contributed by atoms with Gasteiger partial charge in [0.1, 0.15) is 42.4 Å². The number of nitrogens with zero attached hydrogens (tertiary/aromatic N) is 6. The Morgan fingerprint density at radius 2 is 1.53 bits per heavy atom. The lowest BCUT2D eigenvalue weighted by molar-refractivity contribution is -0.746. The van der Waals surface area contributed by atoms with Gasteiger partial charge in [0.05, 0.1) is 26.6 Å². The van der Waals surface area contributed by atoms with Crippen LogP contribution in [-0.2, 0) is 57.4 Å². The van der Waals surface area contributed by atoms with E-state index in [1.165, 1.54) is 22.4 Å². The van der Waals surface area contributed by atoms with Crippen LogP contribution in [0.25, 0.3) is 22.3 Å². The number of aromatic nitrogens is 8. The number of imidazole rings is 2. The topological polar surface area (TPSA) is 370 Å². The van der Waals surface area contributed by atoms with Crippen molar-refractivity contribution in [2.45, 2.75) is 62.3 Å². The SMILES string of the molecule is Cc1nc2c(ncn2[C@@H]2O[C@H](COP(=O)(O)OP(=O)(O)OP(=O)(O)OC[C@H]3O[C@@H]([n+]4cn(C)c5c(=O)[nH]c(N)nc54)[C@H]4OC(c5ccccc5)OC34)C(O)[C@@H]2O)c(=O)[nH]1. The summed E-state index contributed by atoms with van der Waals surface area (Å²) in [4.78, 5) is 72.9. The van der Waals surface area contributed by atoms with Gasteiger partial charge in [0.15, 0.2) is 30.0 Å². The number of phosphoric ester groups is 2. The van der Waals surface area contributed by atoms with Gasteiger partial charge in [-0.2, -0.15) is 8.62 Å². The summed E-state index contributed by atoms with van der Waals surface area (Å²) >= 11 is 0. The average molecular weight is 891 g/mol. The molecule has 5 aromatic rings. The smallest absolute Gasteiger partial charge is 0.387 e. The van der Waals surface area contributed by atoms with Crippen LogP contribution in [0.1, 0.15) is 30.1 Å². The monoisotopic (exact) mass is 890 g/mol. The van der Waals surface area contributed by atoms with E-state index in [1.807, 2.05) is 0 Å². The van der Waals surface area contributed by atoms with E-state index in [1.54, 1.807) is 37.4 Å². The first-order valence-corrected chi connectivity index (χ1v) is 21.7. The van der Waals surface area contributed by atoms with Gasteiger partial charge >= 0.3 is 29.1 Å². The van der Waals surface area contributed by atoms with E-state index in [4.69, 9.17) is 33.7 Å². The number of aliphatic hydroxyl groups excluding tert-OH is 2.